The zero-order valence-corrected chi connectivity index (χ0v) is 11.7. The summed E-state index contributed by atoms with van der Waals surface area (Å²) in [5.41, 5.74) is 2.94. The van der Waals surface area contributed by atoms with Gasteiger partial charge in [-0.15, -0.1) is 0 Å². The molecule has 0 atom stereocenters. The normalized spacial score (nSPS) is 10.9. The van der Waals surface area contributed by atoms with Crippen molar-refractivity contribution in [3.05, 3.63) is 59.7 Å². The van der Waals surface area contributed by atoms with E-state index in [2.05, 4.69) is 21.5 Å². The second-order valence-corrected chi connectivity index (χ2v) is 4.78. The van der Waals surface area contributed by atoms with Crippen molar-refractivity contribution < 1.29 is 9.90 Å². The summed E-state index contributed by atoms with van der Waals surface area (Å²) in [4.78, 5) is 19.9. The predicted octanol–water partition coefficient (Wildman–Crippen LogP) is 2.74. The first kappa shape index (κ1) is 13.3. The lowest BCUT2D eigenvalue weighted by Crippen LogP contribution is -2.07. The number of hydrogen-bond donors (Lipinski definition) is 1. The van der Waals surface area contributed by atoms with Gasteiger partial charge in [-0.1, -0.05) is 12.1 Å². The molecule has 3 aromatic rings. The van der Waals surface area contributed by atoms with Crippen LogP contribution in [-0.4, -0.2) is 25.6 Å². The van der Waals surface area contributed by atoms with Gasteiger partial charge in [0.2, 0.25) is 0 Å². The van der Waals surface area contributed by atoms with E-state index >= 15 is 0 Å². The molecule has 0 amide bonds. The van der Waals surface area contributed by atoms with Crippen LogP contribution in [0.4, 0.5) is 0 Å². The molecule has 3 rings (SSSR count). The number of nitrogens with zero attached hydrogens (tertiary/aromatic N) is 3. The molecule has 0 saturated carbocycles. The van der Waals surface area contributed by atoms with Crippen LogP contribution < -0.4 is 0 Å². The molecule has 2 heterocycles. The van der Waals surface area contributed by atoms with Crippen molar-refractivity contribution in [2.75, 3.05) is 0 Å². The highest BCUT2D eigenvalue weighted by molar-refractivity contribution is 5.89. The van der Waals surface area contributed by atoms with Gasteiger partial charge in [0.1, 0.15) is 5.82 Å². The number of para-hydroxylation sites is 2. The highest BCUT2D eigenvalue weighted by Crippen LogP contribution is 2.19. The third kappa shape index (κ3) is 2.38. The summed E-state index contributed by atoms with van der Waals surface area (Å²) in [6.07, 6.45) is 3.55. The van der Waals surface area contributed by atoms with Gasteiger partial charge in [0.25, 0.3) is 0 Å². The van der Waals surface area contributed by atoms with E-state index in [1.807, 2.05) is 24.3 Å². The number of rotatable bonds is 4. The number of carbonyl (C=O) groups is 1. The number of benzene rings is 1. The van der Waals surface area contributed by atoms with Crippen LogP contribution in [0.3, 0.4) is 0 Å². The maximum atomic E-state index is 11.3. The predicted molar refractivity (Wildman–Crippen MR) is 79.4 cm³/mol. The molecule has 0 radical (unpaired) electrons. The molecule has 0 bridgehead atoms. The standard InChI is InChI=1S/C16H15N3O2/c1-2-19-14-6-4-3-5-13(14)18-15(19)9-11-10-17-8-7-12(11)16(20)21/h3-8,10H,2,9H2,1H3,(H,20,21). The Kier molecular flexibility index (Phi) is 3.39. The van der Waals surface area contributed by atoms with E-state index in [9.17, 15) is 9.90 Å². The maximum absolute atomic E-state index is 11.3. The Balaban J connectivity index is 2.08. The van der Waals surface area contributed by atoms with E-state index in [4.69, 9.17) is 0 Å². The number of hydrogen-bond acceptors (Lipinski definition) is 3. The van der Waals surface area contributed by atoms with Crippen LogP contribution in [0.1, 0.15) is 28.7 Å². The average molecular weight is 281 g/mol. The number of aryl methyl sites for hydroxylation is 1. The van der Waals surface area contributed by atoms with Crippen molar-refractivity contribution in [1.29, 1.82) is 0 Å². The monoisotopic (exact) mass is 281 g/mol. The number of aromatic nitrogens is 3. The Morgan fingerprint density at radius 3 is 2.86 bits per heavy atom. The summed E-state index contributed by atoms with van der Waals surface area (Å²) in [5, 5.41) is 9.25. The van der Waals surface area contributed by atoms with E-state index < -0.39 is 5.97 Å². The lowest BCUT2D eigenvalue weighted by atomic mass is 10.1. The Labute approximate surface area is 121 Å². The first-order chi connectivity index (χ1) is 10.2. The first-order valence-electron chi connectivity index (χ1n) is 6.81. The molecule has 0 saturated heterocycles. The summed E-state index contributed by atoms with van der Waals surface area (Å²) in [5.74, 6) is -0.0826. The molecule has 2 aromatic heterocycles. The third-order valence-electron chi connectivity index (χ3n) is 3.53. The zero-order valence-electron chi connectivity index (χ0n) is 11.7. The SMILES string of the molecule is CCn1c(Cc2cnccc2C(=O)O)nc2ccccc21. The molecule has 0 aliphatic heterocycles. The molecule has 0 unspecified atom stereocenters. The van der Waals surface area contributed by atoms with Gasteiger partial charge in [-0.25, -0.2) is 9.78 Å². The molecule has 21 heavy (non-hydrogen) atoms. The maximum Gasteiger partial charge on any atom is 0.336 e. The van der Waals surface area contributed by atoms with E-state index in [0.717, 1.165) is 23.4 Å². The number of carboxylic acids is 1. The summed E-state index contributed by atoms with van der Waals surface area (Å²) in [6.45, 7) is 2.84. The molecule has 0 aliphatic carbocycles. The van der Waals surface area contributed by atoms with Crippen LogP contribution in [0.5, 0.6) is 0 Å². The van der Waals surface area contributed by atoms with Crippen molar-refractivity contribution >= 4 is 17.0 Å². The van der Waals surface area contributed by atoms with Gasteiger partial charge in [0.15, 0.2) is 0 Å². The van der Waals surface area contributed by atoms with Gasteiger partial charge in [0.05, 0.1) is 16.6 Å². The van der Waals surface area contributed by atoms with Gasteiger partial charge in [0, 0.05) is 25.4 Å². The largest absolute Gasteiger partial charge is 0.478 e. The van der Waals surface area contributed by atoms with E-state index in [0.29, 0.717) is 12.0 Å². The summed E-state index contributed by atoms with van der Waals surface area (Å²) < 4.78 is 2.11. The smallest absolute Gasteiger partial charge is 0.336 e. The second kappa shape index (κ2) is 5.36. The number of pyridine rings is 1. The molecule has 0 spiro atoms. The van der Waals surface area contributed by atoms with Gasteiger partial charge < -0.3 is 9.67 Å². The fourth-order valence-corrected chi connectivity index (χ4v) is 2.56. The van der Waals surface area contributed by atoms with Crippen molar-refractivity contribution in [2.45, 2.75) is 19.9 Å². The van der Waals surface area contributed by atoms with E-state index in [1.165, 1.54) is 12.3 Å². The first-order valence-corrected chi connectivity index (χ1v) is 6.81. The topological polar surface area (TPSA) is 68.0 Å². The Hall–Kier alpha value is -2.69. The van der Waals surface area contributed by atoms with E-state index in [-0.39, 0.29) is 5.56 Å². The van der Waals surface area contributed by atoms with Crippen LogP contribution >= 0.6 is 0 Å². The van der Waals surface area contributed by atoms with Gasteiger partial charge in [-0.05, 0) is 30.7 Å². The third-order valence-corrected chi connectivity index (χ3v) is 3.53. The van der Waals surface area contributed by atoms with Crippen molar-refractivity contribution in [3.63, 3.8) is 0 Å². The summed E-state index contributed by atoms with van der Waals surface area (Å²) in [6, 6.07) is 9.44. The van der Waals surface area contributed by atoms with E-state index in [1.54, 1.807) is 6.20 Å². The Morgan fingerprint density at radius 1 is 1.29 bits per heavy atom. The highest BCUT2D eigenvalue weighted by atomic mass is 16.4. The van der Waals surface area contributed by atoms with Crippen LogP contribution in [0.2, 0.25) is 0 Å². The minimum Gasteiger partial charge on any atom is -0.478 e. The number of carboxylic acid groups (broad SMARTS) is 1. The molecule has 5 nitrogen and oxygen atoms in total. The number of aromatic carboxylic acids is 1. The van der Waals surface area contributed by atoms with Gasteiger partial charge in [-0.3, -0.25) is 4.98 Å². The van der Waals surface area contributed by atoms with Crippen LogP contribution in [0, 0.1) is 0 Å². The average Bonchev–Trinajstić information content (AvgIpc) is 2.84. The number of imidazole rings is 1. The molecular formula is C16H15N3O2. The zero-order chi connectivity index (χ0) is 14.8. The van der Waals surface area contributed by atoms with Crippen LogP contribution in [0.25, 0.3) is 11.0 Å². The quantitative estimate of drug-likeness (QED) is 0.798. The highest BCUT2D eigenvalue weighted by Gasteiger charge is 2.14. The molecule has 106 valence electrons. The van der Waals surface area contributed by atoms with Gasteiger partial charge >= 0.3 is 5.97 Å². The number of fused-ring (bicyclic) bond motifs is 1. The Bertz CT molecular complexity index is 808. The second-order valence-electron chi connectivity index (χ2n) is 4.78. The van der Waals surface area contributed by atoms with Crippen LogP contribution in [0.15, 0.2) is 42.7 Å². The van der Waals surface area contributed by atoms with Crippen molar-refractivity contribution in [3.8, 4) is 0 Å². The molecule has 0 aliphatic rings. The Morgan fingerprint density at radius 2 is 2.10 bits per heavy atom. The summed E-state index contributed by atoms with van der Waals surface area (Å²) in [7, 11) is 0. The molecule has 1 aromatic carbocycles. The lowest BCUT2D eigenvalue weighted by molar-refractivity contribution is 0.0695. The minimum atomic E-state index is -0.938. The van der Waals surface area contributed by atoms with Gasteiger partial charge in [-0.2, -0.15) is 0 Å². The molecule has 1 N–H and O–H groups in total. The minimum absolute atomic E-state index is 0.278. The van der Waals surface area contributed by atoms with Crippen LogP contribution in [-0.2, 0) is 13.0 Å². The van der Waals surface area contributed by atoms with Crippen molar-refractivity contribution in [1.82, 2.24) is 14.5 Å². The summed E-state index contributed by atoms with van der Waals surface area (Å²) >= 11 is 0. The molecule has 5 heteroatoms. The van der Waals surface area contributed by atoms with Crippen molar-refractivity contribution in [2.24, 2.45) is 0 Å². The lowest BCUT2D eigenvalue weighted by Gasteiger charge is -2.07. The molecular weight excluding hydrogens is 266 g/mol. The fourth-order valence-electron chi connectivity index (χ4n) is 2.56. The molecule has 0 fully saturated rings. The fraction of sp³-hybridized carbons (Fsp3) is 0.188.